The molecular weight excluding hydrogens is 655 g/mol. The van der Waals surface area contributed by atoms with Crippen molar-refractivity contribution in [3.05, 3.63) is 47.5 Å². The maximum atomic E-state index is 12.9. The highest BCUT2D eigenvalue weighted by Gasteiger charge is 2.55. The number of ether oxygens (including phenoxy) is 1. The molecular formula is C28H33ClF3N7O6S. The van der Waals surface area contributed by atoms with Crippen LogP contribution in [0.5, 0.6) is 5.88 Å². The molecule has 1 saturated carbocycles. The Morgan fingerprint density at radius 3 is 2.63 bits per heavy atom. The molecule has 3 aromatic heterocycles. The number of rotatable bonds is 12. The Kier molecular flexibility index (Phi) is 9.28. The molecule has 5 rings (SSSR count). The molecule has 0 radical (unpaired) electrons. The van der Waals surface area contributed by atoms with Gasteiger partial charge >= 0.3 is 12.3 Å². The Morgan fingerprint density at radius 1 is 1.22 bits per heavy atom. The van der Waals surface area contributed by atoms with Gasteiger partial charge in [0.25, 0.3) is 15.9 Å². The summed E-state index contributed by atoms with van der Waals surface area (Å²) in [5.41, 5.74) is -0.645. The fraction of sp³-hybridized carbons (Fsp3) is 0.536. The van der Waals surface area contributed by atoms with Crippen molar-refractivity contribution in [2.45, 2.75) is 69.1 Å². The molecule has 0 bridgehead atoms. The van der Waals surface area contributed by atoms with E-state index in [0.717, 1.165) is 19.0 Å². The van der Waals surface area contributed by atoms with Crippen molar-refractivity contribution >= 4 is 33.6 Å². The Balaban J connectivity index is 1.11. The van der Waals surface area contributed by atoms with Crippen molar-refractivity contribution in [1.29, 1.82) is 0 Å². The smallest absolute Gasteiger partial charge is 0.407 e. The lowest BCUT2D eigenvalue weighted by atomic mass is 9.93. The van der Waals surface area contributed by atoms with Gasteiger partial charge in [-0.15, -0.1) is 5.10 Å². The summed E-state index contributed by atoms with van der Waals surface area (Å²) in [5.74, 6) is -2.18. The largest absolute Gasteiger partial charge is 0.477 e. The summed E-state index contributed by atoms with van der Waals surface area (Å²) < 4.78 is 74.0. The van der Waals surface area contributed by atoms with E-state index in [-0.39, 0.29) is 52.7 Å². The maximum absolute atomic E-state index is 12.9. The number of hydrogen-bond donors (Lipinski definition) is 2. The quantitative estimate of drug-likeness (QED) is 0.256. The molecule has 3 atom stereocenters. The molecule has 2 aliphatic rings. The van der Waals surface area contributed by atoms with Crippen LogP contribution in [0.15, 0.2) is 41.7 Å². The predicted molar refractivity (Wildman–Crippen MR) is 157 cm³/mol. The number of aryl methyl sites for hydroxylation is 1. The van der Waals surface area contributed by atoms with Gasteiger partial charge in [0.05, 0.1) is 24.3 Å². The fourth-order valence-electron chi connectivity index (χ4n) is 5.82. The third kappa shape index (κ3) is 7.74. The highest BCUT2D eigenvalue weighted by atomic mass is 35.5. The van der Waals surface area contributed by atoms with E-state index in [1.54, 1.807) is 0 Å². The van der Waals surface area contributed by atoms with Crippen LogP contribution in [-0.2, 0) is 16.6 Å². The van der Waals surface area contributed by atoms with Gasteiger partial charge < -0.3 is 14.7 Å². The number of halogens is 4. The molecule has 2 N–H and O–H groups in total. The molecule has 3 aromatic rings. The first-order valence-electron chi connectivity index (χ1n) is 14.6. The summed E-state index contributed by atoms with van der Waals surface area (Å²) >= 11 is 6.21. The number of alkyl halides is 3. The molecule has 250 valence electrons. The van der Waals surface area contributed by atoms with Crippen molar-refractivity contribution in [2.24, 2.45) is 17.8 Å². The zero-order valence-corrected chi connectivity index (χ0v) is 26.5. The van der Waals surface area contributed by atoms with E-state index in [1.165, 1.54) is 44.9 Å². The number of pyridine rings is 1. The molecule has 18 heteroatoms. The molecule has 2 fully saturated rings. The minimum Gasteiger partial charge on any atom is -0.477 e. The third-order valence-electron chi connectivity index (χ3n) is 8.30. The first-order valence-corrected chi connectivity index (χ1v) is 16.4. The summed E-state index contributed by atoms with van der Waals surface area (Å²) in [6, 6.07) is 4.17. The van der Waals surface area contributed by atoms with Crippen LogP contribution in [0.4, 0.5) is 18.0 Å². The average Bonchev–Trinajstić information content (AvgIpc) is 3.25. The number of amides is 2. The van der Waals surface area contributed by atoms with Crippen LogP contribution >= 0.6 is 11.6 Å². The molecule has 0 spiro atoms. The number of likely N-dealkylation sites (tertiary alicyclic amines) is 1. The van der Waals surface area contributed by atoms with Crippen LogP contribution < -0.4 is 9.46 Å². The summed E-state index contributed by atoms with van der Waals surface area (Å²) in [4.78, 5) is 29.6. The summed E-state index contributed by atoms with van der Waals surface area (Å²) in [6.07, 6.45) is 1.28. The Hall–Kier alpha value is -3.86. The first kappa shape index (κ1) is 33.5. The fourth-order valence-corrected chi connectivity index (χ4v) is 6.97. The first-order chi connectivity index (χ1) is 21.5. The number of nitrogens with zero attached hydrogens (tertiary/aromatic N) is 6. The summed E-state index contributed by atoms with van der Waals surface area (Å²) in [5, 5.41) is 17.4. The standard InChI is InChI=1S/C28H33ClF3N7O6S/c1-27(2)13-17(15-38(27)26(41)42)4-3-9-37-16-19(14-33-37)46(43,44)36-25(40)20-5-6-22(34-24(20)29)39-10-7-23(35-39)45-11-8-18-12-21(18)28(30,31)32/h5-7,10,14,16-18,21H,3-4,8-9,11-13,15H2,1-2H3,(H,36,40)(H,41,42). The third-order valence-corrected chi connectivity index (χ3v) is 9.87. The summed E-state index contributed by atoms with van der Waals surface area (Å²) in [6.45, 7) is 4.71. The normalized spacial score (nSPS) is 20.9. The molecule has 1 saturated heterocycles. The Bertz CT molecular complexity index is 1710. The number of aromatic nitrogens is 5. The number of carbonyl (C=O) groups is 2. The van der Waals surface area contributed by atoms with E-state index in [9.17, 15) is 36.3 Å². The van der Waals surface area contributed by atoms with Gasteiger partial charge in [0.2, 0.25) is 5.88 Å². The average molecular weight is 688 g/mol. The number of carbonyl (C=O) groups excluding carboxylic acids is 1. The van der Waals surface area contributed by atoms with Crippen LogP contribution in [0.2, 0.25) is 5.15 Å². The second-order valence-corrected chi connectivity index (χ2v) is 14.2. The second-order valence-electron chi connectivity index (χ2n) is 12.2. The predicted octanol–water partition coefficient (Wildman–Crippen LogP) is 4.76. The van der Waals surface area contributed by atoms with Crippen LogP contribution in [0.3, 0.4) is 0 Å². The highest BCUT2D eigenvalue weighted by molar-refractivity contribution is 7.90. The van der Waals surface area contributed by atoms with E-state index in [4.69, 9.17) is 16.3 Å². The van der Waals surface area contributed by atoms with Gasteiger partial charge in [0, 0.05) is 37.1 Å². The van der Waals surface area contributed by atoms with Gasteiger partial charge in [-0.2, -0.15) is 18.3 Å². The van der Waals surface area contributed by atoms with Gasteiger partial charge in [0.15, 0.2) is 5.82 Å². The van der Waals surface area contributed by atoms with Gasteiger partial charge in [-0.3, -0.25) is 9.48 Å². The van der Waals surface area contributed by atoms with E-state index < -0.39 is 45.6 Å². The van der Waals surface area contributed by atoms with Crippen molar-refractivity contribution < 1.29 is 41.0 Å². The minimum absolute atomic E-state index is 0.0708. The number of hydrogen-bond acceptors (Lipinski definition) is 8. The molecule has 4 heterocycles. The van der Waals surface area contributed by atoms with Crippen molar-refractivity contribution in [1.82, 2.24) is 34.2 Å². The van der Waals surface area contributed by atoms with E-state index in [0.29, 0.717) is 19.5 Å². The van der Waals surface area contributed by atoms with Crippen LogP contribution in [0.25, 0.3) is 5.82 Å². The zero-order valence-electron chi connectivity index (χ0n) is 24.9. The van der Waals surface area contributed by atoms with Crippen molar-refractivity contribution in [2.75, 3.05) is 13.2 Å². The monoisotopic (exact) mass is 687 g/mol. The molecule has 13 nitrogen and oxygen atoms in total. The van der Waals surface area contributed by atoms with E-state index in [2.05, 4.69) is 15.2 Å². The Labute approximate surface area is 267 Å². The topological polar surface area (TPSA) is 162 Å². The van der Waals surface area contributed by atoms with Crippen molar-refractivity contribution in [3.63, 3.8) is 0 Å². The van der Waals surface area contributed by atoms with Gasteiger partial charge in [-0.05, 0) is 69.9 Å². The second kappa shape index (κ2) is 12.7. The van der Waals surface area contributed by atoms with Crippen molar-refractivity contribution in [3.8, 4) is 11.7 Å². The van der Waals surface area contributed by atoms with Gasteiger partial charge in [0.1, 0.15) is 10.0 Å². The van der Waals surface area contributed by atoms with Crippen LogP contribution in [0, 0.1) is 17.8 Å². The number of carboxylic acid groups (broad SMARTS) is 1. The van der Waals surface area contributed by atoms with E-state index in [1.807, 2.05) is 18.6 Å². The van der Waals surface area contributed by atoms with Crippen LogP contribution in [-0.4, -0.2) is 79.8 Å². The Morgan fingerprint density at radius 2 is 1.98 bits per heavy atom. The molecule has 3 unspecified atom stereocenters. The van der Waals surface area contributed by atoms with Crippen LogP contribution in [0.1, 0.15) is 56.3 Å². The lowest BCUT2D eigenvalue weighted by Crippen LogP contribution is -2.41. The number of nitrogens with one attached hydrogen (secondary N) is 1. The lowest BCUT2D eigenvalue weighted by Gasteiger charge is -2.28. The van der Waals surface area contributed by atoms with E-state index >= 15 is 0 Å². The lowest BCUT2D eigenvalue weighted by molar-refractivity contribution is -0.151. The number of sulfonamides is 1. The molecule has 1 aliphatic carbocycles. The highest BCUT2D eigenvalue weighted by Crippen LogP contribution is 2.51. The molecule has 46 heavy (non-hydrogen) atoms. The molecule has 1 aliphatic heterocycles. The summed E-state index contributed by atoms with van der Waals surface area (Å²) in [7, 11) is -4.30. The molecule has 2 amide bonds. The zero-order chi connectivity index (χ0) is 33.4. The maximum Gasteiger partial charge on any atom is 0.407 e. The molecule has 0 aromatic carbocycles. The van der Waals surface area contributed by atoms with Gasteiger partial charge in [-0.25, -0.2) is 27.6 Å². The SMILES string of the molecule is CC1(C)CC(CCCn2cc(S(=O)(=O)NC(=O)c3ccc(-n4ccc(OCCC5CC5C(F)(F)F)n4)nc3Cl)cn2)CN1C(=O)O. The minimum atomic E-state index is -4.30. The van der Waals surface area contributed by atoms with Gasteiger partial charge in [-0.1, -0.05) is 11.6 Å².